The lowest BCUT2D eigenvalue weighted by molar-refractivity contribution is 0.0708. The smallest absolute Gasteiger partial charge is 0.276 e. The van der Waals surface area contributed by atoms with E-state index in [4.69, 9.17) is 4.42 Å². The van der Waals surface area contributed by atoms with E-state index < -0.39 is 0 Å². The Bertz CT molecular complexity index is 934. The first-order chi connectivity index (χ1) is 13.6. The van der Waals surface area contributed by atoms with Gasteiger partial charge >= 0.3 is 0 Å². The normalized spacial score (nSPS) is 14.9. The first kappa shape index (κ1) is 18.2. The number of likely N-dealkylation sites (tertiary alicyclic amines) is 1. The minimum atomic E-state index is -0.0729. The van der Waals surface area contributed by atoms with Gasteiger partial charge < -0.3 is 14.2 Å². The molecule has 3 aromatic rings. The topological polar surface area (TPSA) is 75.4 Å². The molecule has 0 spiro atoms. The molecule has 0 saturated carbocycles. The van der Waals surface area contributed by atoms with E-state index in [9.17, 15) is 4.79 Å². The monoisotopic (exact) mass is 377 g/mol. The van der Waals surface area contributed by atoms with E-state index in [0.29, 0.717) is 36.5 Å². The fraction of sp³-hybridized carbons (Fsp3) is 0.333. The molecule has 0 N–H and O–H groups in total. The molecule has 1 aromatic carbocycles. The van der Waals surface area contributed by atoms with Crippen LogP contribution in [0.3, 0.4) is 0 Å². The summed E-state index contributed by atoms with van der Waals surface area (Å²) in [5.41, 5.74) is 1.26. The fourth-order valence-corrected chi connectivity index (χ4v) is 3.63. The number of benzene rings is 1. The third kappa shape index (κ3) is 3.60. The van der Waals surface area contributed by atoms with Gasteiger partial charge in [-0.15, -0.1) is 5.10 Å². The zero-order valence-corrected chi connectivity index (χ0v) is 16.1. The number of hydrogen-bond acceptors (Lipinski definition) is 6. The molecule has 1 amide bonds. The van der Waals surface area contributed by atoms with Gasteiger partial charge in [0.2, 0.25) is 0 Å². The number of carbonyl (C=O) groups excluding carboxylic acids is 1. The molecule has 0 aliphatic carbocycles. The molecule has 144 valence electrons. The van der Waals surface area contributed by atoms with E-state index in [-0.39, 0.29) is 5.91 Å². The number of anilines is 1. The fourth-order valence-electron chi connectivity index (χ4n) is 3.63. The molecule has 1 fully saturated rings. The number of carbonyl (C=O) groups is 1. The number of rotatable bonds is 4. The van der Waals surface area contributed by atoms with Crippen molar-refractivity contribution in [1.82, 2.24) is 20.1 Å². The summed E-state index contributed by atoms with van der Waals surface area (Å²) in [5.74, 6) is 1.82. The highest BCUT2D eigenvalue weighted by molar-refractivity contribution is 5.97. The molecular weight excluding hydrogens is 354 g/mol. The van der Waals surface area contributed by atoms with Gasteiger partial charge in [0.15, 0.2) is 23.2 Å². The summed E-state index contributed by atoms with van der Waals surface area (Å²) in [4.78, 5) is 21.5. The second-order valence-corrected chi connectivity index (χ2v) is 6.99. The first-order valence-corrected chi connectivity index (χ1v) is 9.46. The molecule has 0 bridgehead atoms. The Balaban J connectivity index is 1.47. The van der Waals surface area contributed by atoms with Gasteiger partial charge in [0.25, 0.3) is 5.91 Å². The van der Waals surface area contributed by atoms with Gasteiger partial charge in [-0.05, 0) is 25.0 Å². The van der Waals surface area contributed by atoms with Crippen LogP contribution in [0.1, 0.15) is 29.2 Å². The van der Waals surface area contributed by atoms with E-state index >= 15 is 0 Å². The SMILES string of the molecule is Cc1nc(C(=O)N2CCC(N(C)c3cccnn3)CC2)c(-c2ccccc2)o1. The van der Waals surface area contributed by atoms with Crippen molar-refractivity contribution >= 4 is 11.7 Å². The summed E-state index contributed by atoms with van der Waals surface area (Å²) in [6.07, 6.45) is 3.41. The Morgan fingerprint density at radius 2 is 1.89 bits per heavy atom. The number of piperidine rings is 1. The van der Waals surface area contributed by atoms with Crippen molar-refractivity contribution in [1.29, 1.82) is 0 Å². The number of amides is 1. The van der Waals surface area contributed by atoms with Crippen LogP contribution in [0.15, 0.2) is 53.1 Å². The molecular formula is C21H23N5O2. The van der Waals surface area contributed by atoms with E-state index in [0.717, 1.165) is 24.2 Å². The van der Waals surface area contributed by atoms with Crippen molar-refractivity contribution in [3.63, 3.8) is 0 Å². The third-order valence-corrected chi connectivity index (χ3v) is 5.19. The van der Waals surface area contributed by atoms with E-state index in [2.05, 4.69) is 20.1 Å². The van der Waals surface area contributed by atoms with Crippen LogP contribution in [-0.2, 0) is 0 Å². The quantitative estimate of drug-likeness (QED) is 0.695. The molecule has 28 heavy (non-hydrogen) atoms. The summed E-state index contributed by atoms with van der Waals surface area (Å²) in [5, 5.41) is 8.13. The van der Waals surface area contributed by atoms with Crippen LogP contribution in [0.25, 0.3) is 11.3 Å². The second kappa shape index (κ2) is 7.80. The zero-order valence-electron chi connectivity index (χ0n) is 16.1. The molecule has 1 saturated heterocycles. The standard InChI is InChI=1S/C21H23N5O2/c1-15-23-19(20(28-15)16-7-4-3-5-8-16)21(27)26-13-10-17(11-14-26)25(2)18-9-6-12-22-24-18/h3-9,12,17H,10-11,13-14H2,1-2H3. The van der Waals surface area contributed by atoms with E-state index in [1.165, 1.54) is 0 Å². The van der Waals surface area contributed by atoms with Crippen molar-refractivity contribution in [3.8, 4) is 11.3 Å². The largest absolute Gasteiger partial charge is 0.440 e. The highest BCUT2D eigenvalue weighted by atomic mass is 16.4. The highest BCUT2D eigenvalue weighted by Gasteiger charge is 2.30. The van der Waals surface area contributed by atoms with Gasteiger partial charge in [0, 0.05) is 44.9 Å². The molecule has 1 aliphatic heterocycles. The molecule has 1 aliphatic rings. The van der Waals surface area contributed by atoms with Crippen molar-refractivity contribution < 1.29 is 9.21 Å². The van der Waals surface area contributed by atoms with Gasteiger partial charge in [-0.1, -0.05) is 30.3 Å². The van der Waals surface area contributed by atoms with Crippen molar-refractivity contribution in [2.45, 2.75) is 25.8 Å². The van der Waals surface area contributed by atoms with Crippen molar-refractivity contribution in [3.05, 3.63) is 60.2 Å². The summed E-state index contributed by atoms with van der Waals surface area (Å²) in [6.45, 7) is 3.12. The predicted molar refractivity (Wildman–Crippen MR) is 106 cm³/mol. The lowest BCUT2D eigenvalue weighted by atomic mass is 10.0. The summed E-state index contributed by atoms with van der Waals surface area (Å²) >= 11 is 0. The average molecular weight is 377 g/mol. The van der Waals surface area contributed by atoms with Gasteiger partial charge in [-0.3, -0.25) is 4.79 Å². The number of aromatic nitrogens is 3. The average Bonchev–Trinajstić information content (AvgIpc) is 3.16. The maximum absolute atomic E-state index is 13.1. The van der Waals surface area contributed by atoms with Crippen LogP contribution >= 0.6 is 0 Å². The maximum atomic E-state index is 13.1. The Morgan fingerprint density at radius 3 is 2.57 bits per heavy atom. The molecule has 7 nitrogen and oxygen atoms in total. The lowest BCUT2D eigenvalue weighted by Gasteiger charge is -2.36. The first-order valence-electron chi connectivity index (χ1n) is 9.46. The van der Waals surface area contributed by atoms with E-state index in [1.54, 1.807) is 13.1 Å². The zero-order chi connectivity index (χ0) is 19.5. The number of oxazole rings is 1. The number of aryl methyl sites for hydroxylation is 1. The number of nitrogens with zero attached hydrogens (tertiary/aromatic N) is 5. The van der Waals surface area contributed by atoms with Crippen LogP contribution in [0.2, 0.25) is 0 Å². The van der Waals surface area contributed by atoms with Gasteiger partial charge in [0.1, 0.15) is 0 Å². The lowest BCUT2D eigenvalue weighted by Crippen LogP contribution is -2.46. The van der Waals surface area contributed by atoms with Crippen LogP contribution in [-0.4, -0.2) is 52.2 Å². The van der Waals surface area contributed by atoms with Crippen LogP contribution in [0.5, 0.6) is 0 Å². The predicted octanol–water partition coefficient (Wildman–Crippen LogP) is 3.18. The summed E-state index contributed by atoms with van der Waals surface area (Å²) in [6, 6.07) is 13.8. The number of hydrogen-bond donors (Lipinski definition) is 0. The molecule has 0 atom stereocenters. The van der Waals surface area contributed by atoms with Gasteiger partial charge in [-0.25, -0.2) is 4.98 Å². The minimum absolute atomic E-state index is 0.0729. The minimum Gasteiger partial charge on any atom is -0.440 e. The Kier molecular flexibility index (Phi) is 5.06. The van der Waals surface area contributed by atoms with Crippen LogP contribution in [0, 0.1) is 6.92 Å². The molecule has 3 heterocycles. The summed E-state index contributed by atoms with van der Waals surface area (Å²) in [7, 11) is 2.03. The third-order valence-electron chi connectivity index (χ3n) is 5.19. The molecule has 0 unspecified atom stereocenters. The van der Waals surface area contributed by atoms with Crippen LogP contribution in [0.4, 0.5) is 5.82 Å². The van der Waals surface area contributed by atoms with E-state index in [1.807, 2.05) is 54.4 Å². The Morgan fingerprint density at radius 1 is 1.14 bits per heavy atom. The van der Waals surface area contributed by atoms with Crippen molar-refractivity contribution in [2.24, 2.45) is 0 Å². The molecule has 4 rings (SSSR count). The summed E-state index contributed by atoms with van der Waals surface area (Å²) < 4.78 is 5.75. The van der Waals surface area contributed by atoms with Gasteiger partial charge in [-0.2, -0.15) is 5.10 Å². The van der Waals surface area contributed by atoms with Gasteiger partial charge in [0.05, 0.1) is 0 Å². The highest BCUT2D eigenvalue weighted by Crippen LogP contribution is 2.27. The Hall–Kier alpha value is -3.22. The molecule has 7 heteroatoms. The van der Waals surface area contributed by atoms with Crippen LogP contribution < -0.4 is 4.90 Å². The molecule has 2 aromatic heterocycles. The Labute approximate surface area is 164 Å². The maximum Gasteiger partial charge on any atom is 0.276 e. The molecule has 0 radical (unpaired) electrons. The van der Waals surface area contributed by atoms with Crippen molar-refractivity contribution in [2.75, 3.05) is 25.0 Å². The second-order valence-electron chi connectivity index (χ2n) is 6.99.